The van der Waals surface area contributed by atoms with E-state index >= 15 is 0 Å². The van der Waals surface area contributed by atoms with Crippen LogP contribution in [0.3, 0.4) is 0 Å². The van der Waals surface area contributed by atoms with Gasteiger partial charge in [0.05, 0.1) is 22.5 Å². The number of sulfonamides is 1. The third-order valence-corrected chi connectivity index (χ3v) is 5.69. The second-order valence-corrected chi connectivity index (χ2v) is 7.79. The molecule has 1 aliphatic rings. The minimum Gasteiger partial charge on any atom is -0.339 e. The van der Waals surface area contributed by atoms with Crippen LogP contribution in [0.4, 0.5) is 0 Å². The molecule has 1 saturated heterocycles. The fraction of sp³-hybridized carbons (Fsp3) is 0.400. The first-order chi connectivity index (χ1) is 11.8. The largest absolute Gasteiger partial charge is 0.339 e. The van der Waals surface area contributed by atoms with Crippen molar-refractivity contribution < 1.29 is 13.2 Å². The zero-order valence-electron chi connectivity index (χ0n) is 13.5. The Hall–Kier alpha value is -2.46. The van der Waals surface area contributed by atoms with Gasteiger partial charge in [-0.2, -0.15) is 0 Å². The number of benzene rings is 1. The number of H-pyrrole nitrogens is 2. The molecule has 1 aromatic heterocycles. The lowest BCUT2D eigenvalue weighted by Crippen LogP contribution is -2.41. The molecule has 2 heterocycles. The second-order valence-electron chi connectivity index (χ2n) is 6.02. The number of aromatic nitrogens is 2. The molecule has 3 N–H and O–H groups in total. The van der Waals surface area contributed by atoms with E-state index in [-0.39, 0.29) is 28.9 Å². The SMILES string of the molecule is CC1CCCN1C(=O)CNS(=O)(=O)c1ccc2[nH]c(=O)c(=O)[nH]c2c1. The van der Waals surface area contributed by atoms with Crippen LogP contribution >= 0.6 is 0 Å². The van der Waals surface area contributed by atoms with Gasteiger partial charge in [-0.15, -0.1) is 0 Å². The number of hydrogen-bond donors (Lipinski definition) is 3. The van der Waals surface area contributed by atoms with Crippen molar-refractivity contribution >= 4 is 27.0 Å². The van der Waals surface area contributed by atoms with E-state index in [0.29, 0.717) is 12.1 Å². The maximum Gasteiger partial charge on any atom is 0.314 e. The highest BCUT2D eigenvalue weighted by molar-refractivity contribution is 7.89. The van der Waals surface area contributed by atoms with E-state index < -0.39 is 21.1 Å². The number of likely N-dealkylation sites (tertiary alicyclic amines) is 1. The molecule has 1 fully saturated rings. The summed E-state index contributed by atoms with van der Waals surface area (Å²) in [4.78, 5) is 41.0. The van der Waals surface area contributed by atoms with Crippen LogP contribution in [0.1, 0.15) is 19.8 Å². The Morgan fingerprint density at radius 2 is 1.92 bits per heavy atom. The van der Waals surface area contributed by atoms with Crippen LogP contribution in [0.15, 0.2) is 32.7 Å². The van der Waals surface area contributed by atoms with Gasteiger partial charge >= 0.3 is 11.1 Å². The Balaban J connectivity index is 1.81. The highest BCUT2D eigenvalue weighted by Gasteiger charge is 2.26. The molecule has 0 saturated carbocycles. The molecule has 0 spiro atoms. The predicted molar refractivity (Wildman–Crippen MR) is 90.8 cm³/mol. The topological polar surface area (TPSA) is 132 Å². The summed E-state index contributed by atoms with van der Waals surface area (Å²) >= 11 is 0. The van der Waals surface area contributed by atoms with E-state index in [1.807, 2.05) is 6.92 Å². The van der Waals surface area contributed by atoms with Crippen LogP contribution in [0.5, 0.6) is 0 Å². The van der Waals surface area contributed by atoms with Crippen molar-refractivity contribution in [1.29, 1.82) is 0 Å². The average Bonchev–Trinajstić information content (AvgIpc) is 2.99. The van der Waals surface area contributed by atoms with Gasteiger partial charge in [-0.1, -0.05) is 0 Å². The molecule has 2 aromatic rings. The molecule has 1 atom stereocenters. The number of amides is 1. The van der Waals surface area contributed by atoms with E-state index in [1.54, 1.807) is 4.90 Å². The summed E-state index contributed by atoms with van der Waals surface area (Å²) in [6.45, 7) is 2.24. The summed E-state index contributed by atoms with van der Waals surface area (Å²) in [6, 6.07) is 4.02. The number of nitrogens with zero attached hydrogens (tertiary/aromatic N) is 1. The molecule has 1 aliphatic heterocycles. The van der Waals surface area contributed by atoms with Crippen molar-refractivity contribution in [2.75, 3.05) is 13.1 Å². The average molecular weight is 366 g/mol. The molecule has 9 nitrogen and oxygen atoms in total. The zero-order chi connectivity index (χ0) is 18.2. The first-order valence-corrected chi connectivity index (χ1v) is 9.32. The molecule has 25 heavy (non-hydrogen) atoms. The Bertz CT molecular complexity index is 1040. The Kier molecular flexibility index (Phi) is 4.48. The van der Waals surface area contributed by atoms with E-state index in [2.05, 4.69) is 14.7 Å². The number of carbonyl (C=O) groups excluding carboxylic acids is 1. The Morgan fingerprint density at radius 3 is 2.56 bits per heavy atom. The lowest BCUT2D eigenvalue weighted by molar-refractivity contribution is -0.130. The van der Waals surface area contributed by atoms with Crippen LogP contribution in [0.25, 0.3) is 11.0 Å². The zero-order valence-corrected chi connectivity index (χ0v) is 14.4. The quantitative estimate of drug-likeness (QED) is 0.628. The maximum atomic E-state index is 12.4. The molecule has 1 aromatic carbocycles. The van der Waals surface area contributed by atoms with Crippen LogP contribution in [0.2, 0.25) is 0 Å². The van der Waals surface area contributed by atoms with Crippen molar-refractivity contribution in [2.24, 2.45) is 0 Å². The highest BCUT2D eigenvalue weighted by Crippen LogP contribution is 2.17. The summed E-state index contributed by atoms with van der Waals surface area (Å²) in [5.41, 5.74) is -1.18. The number of hydrogen-bond acceptors (Lipinski definition) is 5. The van der Waals surface area contributed by atoms with Gasteiger partial charge in [-0.3, -0.25) is 14.4 Å². The number of aromatic amines is 2. The van der Waals surface area contributed by atoms with Gasteiger partial charge in [0.15, 0.2) is 0 Å². The lowest BCUT2D eigenvalue weighted by atomic mass is 10.2. The molecule has 0 bridgehead atoms. The summed E-state index contributed by atoms with van der Waals surface area (Å²) in [5, 5.41) is 0. The Morgan fingerprint density at radius 1 is 1.24 bits per heavy atom. The van der Waals surface area contributed by atoms with Gasteiger partial charge in [0.1, 0.15) is 0 Å². The van der Waals surface area contributed by atoms with Gasteiger partial charge in [0.2, 0.25) is 15.9 Å². The predicted octanol–water partition coefficient (Wildman–Crippen LogP) is -0.494. The number of rotatable bonds is 4. The van der Waals surface area contributed by atoms with E-state index in [9.17, 15) is 22.8 Å². The second kappa shape index (κ2) is 6.45. The van der Waals surface area contributed by atoms with E-state index in [0.717, 1.165) is 12.8 Å². The van der Waals surface area contributed by atoms with Crippen molar-refractivity contribution in [3.8, 4) is 0 Å². The molecule has 134 valence electrons. The third-order valence-electron chi connectivity index (χ3n) is 4.29. The van der Waals surface area contributed by atoms with Gasteiger partial charge in [-0.25, -0.2) is 13.1 Å². The van der Waals surface area contributed by atoms with Gasteiger partial charge in [0.25, 0.3) is 0 Å². The van der Waals surface area contributed by atoms with Gasteiger partial charge < -0.3 is 14.9 Å². The number of carbonyl (C=O) groups is 1. The molecular weight excluding hydrogens is 348 g/mol. The minimum atomic E-state index is -3.93. The van der Waals surface area contributed by atoms with Crippen LogP contribution in [0, 0.1) is 0 Å². The smallest absolute Gasteiger partial charge is 0.314 e. The summed E-state index contributed by atoms with van der Waals surface area (Å²) in [7, 11) is -3.93. The van der Waals surface area contributed by atoms with Crippen molar-refractivity contribution in [3.63, 3.8) is 0 Å². The van der Waals surface area contributed by atoms with Gasteiger partial charge in [0, 0.05) is 12.6 Å². The van der Waals surface area contributed by atoms with Crippen molar-refractivity contribution in [3.05, 3.63) is 38.9 Å². The Labute approximate surface area is 143 Å². The van der Waals surface area contributed by atoms with Crippen molar-refractivity contribution in [2.45, 2.75) is 30.7 Å². The summed E-state index contributed by atoms with van der Waals surface area (Å²) < 4.78 is 27.0. The summed E-state index contributed by atoms with van der Waals surface area (Å²) in [6.07, 6.45) is 1.82. The van der Waals surface area contributed by atoms with Crippen LogP contribution in [-0.2, 0) is 14.8 Å². The standard InChI is InChI=1S/C15H18N4O5S/c1-9-3-2-6-19(9)13(20)8-16-25(23,24)10-4-5-11-12(7-10)18-15(22)14(21)17-11/h4-5,7,9,16H,2-3,6,8H2,1H3,(H,17,21)(H,18,22). The fourth-order valence-electron chi connectivity index (χ4n) is 2.91. The first kappa shape index (κ1) is 17.4. The molecule has 0 radical (unpaired) electrons. The molecular formula is C15H18N4O5S. The first-order valence-electron chi connectivity index (χ1n) is 7.83. The number of fused-ring (bicyclic) bond motifs is 1. The molecule has 1 unspecified atom stereocenters. The maximum absolute atomic E-state index is 12.4. The molecule has 3 rings (SSSR count). The lowest BCUT2D eigenvalue weighted by Gasteiger charge is -2.21. The normalized spacial score (nSPS) is 18.0. The monoisotopic (exact) mass is 366 g/mol. The molecule has 0 aliphatic carbocycles. The fourth-order valence-corrected chi connectivity index (χ4v) is 3.91. The van der Waals surface area contributed by atoms with Gasteiger partial charge in [-0.05, 0) is 38.0 Å². The number of nitrogens with one attached hydrogen (secondary N) is 3. The summed E-state index contributed by atoms with van der Waals surface area (Å²) in [5.74, 6) is -0.271. The van der Waals surface area contributed by atoms with E-state index in [4.69, 9.17) is 0 Å². The van der Waals surface area contributed by atoms with Crippen LogP contribution < -0.4 is 15.8 Å². The third kappa shape index (κ3) is 3.49. The molecule has 1 amide bonds. The molecule has 10 heteroatoms. The van der Waals surface area contributed by atoms with Crippen LogP contribution in [-0.4, -0.2) is 48.3 Å². The van der Waals surface area contributed by atoms with Crippen molar-refractivity contribution in [1.82, 2.24) is 19.6 Å². The highest BCUT2D eigenvalue weighted by atomic mass is 32.2. The van der Waals surface area contributed by atoms with E-state index in [1.165, 1.54) is 18.2 Å². The minimum absolute atomic E-state index is 0.107.